The van der Waals surface area contributed by atoms with Crippen molar-refractivity contribution >= 4 is 17.5 Å². The molecule has 0 aliphatic heterocycles. The zero-order valence-corrected chi connectivity index (χ0v) is 13.3. The van der Waals surface area contributed by atoms with E-state index in [0.29, 0.717) is 5.95 Å². The van der Waals surface area contributed by atoms with E-state index in [1.54, 1.807) is 0 Å². The van der Waals surface area contributed by atoms with Gasteiger partial charge in [0.25, 0.3) is 0 Å². The predicted molar refractivity (Wildman–Crippen MR) is 79.4 cm³/mol. The summed E-state index contributed by atoms with van der Waals surface area (Å²) >= 11 is 5.83. The van der Waals surface area contributed by atoms with Crippen LogP contribution in [0.25, 0.3) is 0 Å². The van der Waals surface area contributed by atoms with E-state index in [-0.39, 0.29) is 23.5 Å². The van der Waals surface area contributed by atoms with Crippen molar-refractivity contribution in [1.29, 1.82) is 0 Å². The third-order valence-corrected chi connectivity index (χ3v) is 2.40. The van der Waals surface area contributed by atoms with Crippen LogP contribution in [0.15, 0.2) is 0 Å². The summed E-state index contributed by atoms with van der Waals surface area (Å²) in [5, 5.41) is 3.23. The van der Waals surface area contributed by atoms with Crippen molar-refractivity contribution in [2.24, 2.45) is 0 Å². The highest BCUT2D eigenvalue weighted by Gasteiger charge is 2.07. The molecule has 0 bridgehead atoms. The van der Waals surface area contributed by atoms with Crippen LogP contribution in [0.5, 0.6) is 6.01 Å². The van der Waals surface area contributed by atoms with Crippen molar-refractivity contribution in [3.05, 3.63) is 5.28 Å². The van der Waals surface area contributed by atoms with Crippen LogP contribution in [0.3, 0.4) is 0 Å². The highest BCUT2D eigenvalue weighted by Crippen LogP contribution is 2.12. The molecular formula is C13H23ClN4O2. The molecule has 0 radical (unpaired) electrons. The van der Waals surface area contributed by atoms with Crippen LogP contribution in [0.4, 0.5) is 5.95 Å². The Morgan fingerprint density at radius 1 is 1.05 bits per heavy atom. The molecule has 0 aliphatic carbocycles. The van der Waals surface area contributed by atoms with Gasteiger partial charge in [-0.1, -0.05) is 0 Å². The molecule has 0 fully saturated rings. The standard InChI is InChI=1S/C13H23ClN4O2/c1-9(2)19-8-6-5-7-15-12-16-11(14)17-13(18-12)20-10(3)4/h9-10H,5-8H2,1-4H3,(H,15,16,17,18). The second-order valence-electron chi connectivity index (χ2n) is 4.93. The Bertz CT molecular complexity index is 402. The average molecular weight is 303 g/mol. The molecule has 0 amide bonds. The SMILES string of the molecule is CC(C)OCCCCNc1nc(Cl)nc(OC(C)C)n1. The van der Waals surface area contributed by atoms with E-state index in [1.807, 2.05) is 27.7 Å². The first-order valence-electron chi connectivity index (χ1n) is 6.91. The quantitative estimate of drug-likeness (QED) is 0.707. The maximum atomic E-state index is 5.83. The highest BCUT2D eigenvalue weighted by atomic mass is 35.5. The van der Waals surface area contributed by atoms with E-state index in [1.165, 1.54) is 0 Å². The maximum absolute atomic E-state index is 5.83. The maximum Gasteiger partial charge on any atom is 0.322 e. The van der Waals surface area contributed by atoms with Gasteiger partial charge >= 0.3 is 6.01 Å². The summed E-state index contributed by atoms with van der Waals surface area (Å²) in [6.07, 6.45) is 2.23. The molecule has 20 heavy (non-hydrogen) atoms. The average Bonchev–Trinajstić information content (AvgIpc) is 2.31. The molecule has 1 aromatic rings. The third kappa shape index (κ3) is 7.45. The summed E-state index contributed by atoms with van der Waals surface area (Å²) in [6, 6.07) is 0.241. The summed E-state index contributed by atoms with van der Waals surface area (Å²) in [4.78, 5) is 12.1. The first-order chi connectivity index (χ1) is 9.47. The van der Waals surface area contributed by atoms with Gasteiger partial charge in [0, 0.05) is 13.2 Å². The number of unbranched alkanes of at least 4 members (excludes halogenated alkanes) is 1. The van der Waals surface area contributed by atoms with Crippen molar-refractivity contribution in [3.8, 4) is 6.01 Å². The van der Waals surface area contributed by atoms with Crippen LogP contribution >= 0.6 is 11.6 Å². The Morgan fingerprint density at radius 3 is 2.45 bits per heavy atom. The van der Waals surface area contributed by atoms with Gasteiger partial charge in [-0.25, -0.2) is 0 Å². The van der Waals surface area contributed by atoms with Crippen LogP contribution in [-0.4, -0.2) is 40.3 Å². The largest absolute Gasteiger partial charge is 0.461 e. The fourth-order valence-corrected chi connectivity index (χ4v) is 1.57. The summed E-state index contributed by atoms with van der Waals surface area (Å²) < 4.78 is 10.9. The van der Waals surface area contributed by atoms with E-state index in [0.717, 1.165) is 26.0 Å². The van der Waals surface area contributed by atoms with Gasteiger partial charge in [0.05, 0.1) is 12.2 Å². The second-order valence-corrected chi connectivity index (χ2v) is 5.27. The summed E-state index contributed by atoms with van der Waals surface area (Å²) in [5.41, 5.74) is 0. The summed E-state index contributed by atoms with van der Waals surface area (Å²) in [5.74, 6) is 0.436. The Balaban J connectivity index is 2.34. The summed E-state index contributed by atoms with van der Waals surface area (Å²) in [6.45, 7) is 9.38. The van der Waals surface area contributed by atoms with Crippen molar-refractivity contribution in [1.82, 2.24) is 15.0 Å². The molecule has 1 aromatic heterocycles. The lowest BCUT2D eigenvalue weighted by atomic mass is 10.3. The van der Waals surface area contributed by atoms with Gasteiger partial charge < -0.3 is 14.8 Å². The third-order valence-electron chi connectivity index (χ3n) is 2.23. The second kappa shape index (κ2) is 8.92. The van der Waals surface area contributed by atoms with Gasteiger partial charge in [0.15, 0.2) is 0 Å². The molecule has 1 rings (SSSR count). The van der Waals surface area contributed by atoms with Gasteiger partial charge in [0.1, 0.15) is 0 Å². The Labute approximate surface area is 125 Å². The van der Waals surface area contributed by atoms with E-state index in [4.69, 9.17) is 21.1 Å². The number of hydrogen-bond acceptors (Lipinski definition) is 6. The number of nitrogens with zero attached hydrogens (tertiary/aromatic N) is 3. The molecule has 0 atom stereocenters. The molecule has 114 valence electrons. The van der Waals surface area contributed by atoms with E-state index in [2.05, 4.69) is 20.3 Å². The number of aromatic nitrogens is 3. The Morgan fingerprint density at radius 2 is 1.80 bits per heavy atom. The van der Waals surface area contributed by atoms with Crippen LogP contribution in [0, 0.1) is 0 Å². The lowest BCUT2D eigenvalue weighted by molar-refractivity contribution is 0.0765. The van der Waals surface area contributed by atoms with Crippen LogP contribution in [-0.2, 0) is 4.74 Å². The molecule has 7 heteroatoms. The van der Waals surface area contributed by atoms with Crippen molar-refractivity contribution in [2.75, 3.05) is 18.5 Å². The van der Waals surface area contributed by atoms with Gasteiger partial charge in [-0.3, -0.25) is 0 Å². The predicted octanol–water partition coefficient (Wildman–Crippen LogP) is 2.93. The van der Waals surface area contributed by atoms with Crippen molar-refractivity contribution in [3.63, 3.8) is 0 Å². The molecule has 1 N–H and O–H groups in total. The van der Waals surface area contributed by atoms with Gasteiger partial charge in [-0.05, 0) is 52.1 Å². The zero-order chi connectivity index (χ0) is 15.0. The number of ether oxygens (including phenoxy) is 2. The van der Waals surface area contributed by atoms with Crippen molar-refractivity contribution in [2.45, 2.75) is 52.7 Å². The lowest BCUT2D eigenvalue weighted by Crippen LogP contribution is -2.12. The minimum absolute atomic E-state index is 0.00509. The molecule has 0 aliphatic rings. The topological polar surface area (TPSA) is 69.2 Å². The fourth-order valence-electron chi connectivity index (χ4n) is 1.42. The molecule has 0 saturated carbocycles. The minimum Gasteiger partial charge on any atom is -0.461 e. The van der Waals surface area contributed by atoms with Gasteiger partial charge in [-0.15, -0.1) is 0 Å². The van der Waals surface area contributed by atoms with Crippen LogP contribution in [0.1, 0.15) is 40.5 Å². The van der Waals surface area contributed by atoms with Crippen LogP contribution in [0.2, 0.25) is 5.28 Å². The molecular weight excluding hydrogens is 280 g/mol. The van der Waals surface area contributed by atoms with Gasteiger partial charge in [-0.2, -0.15) is 15.0 Å². The Hall–Kier alpha value is -1.14. The number of nitrogens with one attached hydrogen (secondary N) is 1. The number of rotatable bonds is 9. The van der Waals surface area contributed by atoms with Gasteiger partial charge in [0.2, 0.25) is 11.2 Å². The first-order valence-corrected chi connectivity index (χ1v) is 7.29. The van der Waals surface area contributed by atoms with Crippen molar-refractivity contribution < 1.29 is 9.47 Å². The number of halogens is 1. The minimum atomic E-state index is -0.00509. The number of hydrogen-bond donors (Lipinski definition) is 1. The molecule has 0 saturated heterocycles. The summed E-state index contributed by atoms with van der Waals surface area (Å²) in [7, 11) is 0. The smallest absolute Gasteiger partial charge is 0.322 e. The molecule has 0 aromatic carbocycles. The van der Waals surface area contributed by atoms with Crippen LogP contribution < -0.4 is 10.1 Å². The normalized spacial score (nSPS) is 11.2. The van der Waals surface area contributed by atoms with E-state index in [9.17, 15) is 0 Å². The Kier molecular flexibility index (Phi) is 7.54. The fraction of sp³-hybridized carbons (Fsp3) is 0.769. The monoisotopic (exact) mass is 302 g/mol. The first kappa shape index (κ1) is 16.9. The zero-order valence-electron chi connectivity index (χ0n) is 12.5. The molecule has 6 nitrogen and oxygen atoms in total. The molecule has 0 spiro atoms. The highest BCUT2D eigenvalue weighted by molar-refractivity contribution is 6.28. The lowest BCUT2D eigenvalue weighted by Gasteiger charge is -2.10. The van der Waals surface area contributed by atoms with E-state index < -0.39 is 0 Å². The molecule has 0 unspecified atom stereocenters. The number of anilines is 1. The molecule has 1 heterocycles. The van der Waals surface area contributed by atoms with E-state index >= 15 is 0 Å².